The van der Waals surface area contributed by atoms with Gasteiger partial charge >= 0.3 is 0 Å². The number of halogens is 1. The summed E-state index contributed by atoms with van der Waals surface area (Å²) >= 11 is 0. The first kappa shape index (κ1) is 12.9. The van der Waals surface area contributed by atoms with Crippen LogP contribution in [0.15, 0.2) is 23.6 Å². The Kier molecular flexibility index (Phi) is 3.31. The highest BCUT2D eigenvalue weighted by Crippen LogP contribution is 2.25. The van der Waals surface area contributed by atoms with Gasteiger partial charge in [-0.05, 0) is 19.9 Å². The average molecular weight is 288 g/mol. The Balaban J connectivity index is 2.68. The highest BCUT2D eigenvalue weighted by Gasteiger charge is 2.24. The van der Waals surface area contributed by atoms with Gasteiger partial charge in [-0.15, -0.1) is 10.2 Å². The lowest BCUT2D eigenvalue weighted by Gasteiger charge is -2.11. The molecular formula is C9H10ClN5O2S. The molecule has 0 aliphatic carbocycles. The second kappa shape index (κ2) is 4.62. The van der Waals surface area contributed by atoms with Crippen molar-refractivity contribution in [2.45, 2.75) is 25.0 Å². The fourth-order valence-corrected chi connectivity index (χ4v) is 2.51. The fourth-order valence-electron chi connectivity index (χ4n) is 1.53. The molecule has 18 heavy (non-hydrogen) atoms. The van der Waals surface area contributed by atoms with Gasteiger partial charge < -0.3 is 0 Å². The molecule has 0 saturated heterocycles. The Morgan fingerprint density at radius 2 is 2.00 bits per heavy atom. The SMILES string of the molecule is CC(C)n1c(-c2ccnnc2)nnc1S(=O)(=O)Cl. The van der Waals surface area contributed by atoms with E-state index >= 15 is 0 Å². The first-order valence-electron chi connectivity index (χ1n) is 5.08. The fraction of sp³-hybridized carbons (Fsp3) is 0.333. The topological polar surface area (TPSA) is 90.6 Å². The molecule has 2 rings (SSSR count). The van der Waals surface area contributed by atoms with Crippen LogP contribution in [-0.2, 0) is 9.05 Å². The second-order valence-electron chi connectivity index (χ2n) is 3.84. The van der Waals surface area contributed by atoms with Crippen LogP contribution in [0.2, 0.25) is 0 Å². The van der Waals surface area contributed by atoms with Crippen molar-refractivity contribution in [3.8, 4) is 11.4 Å². The van der Waals surface area contributed by atoms with Crippen molar-refractivity contribution in [1.82, 2.24) is 25.0 Å². The summed E-state index contributed by atoms with van der Waals surface area (Å²) in [5, 5.41) is 14.6. The van der Waals surface area contributed by atoms with Gasteiger partial charge in [-0.25, -0.2) is 8.42 Å². The van der Waals surface area contributed by atoms with E-state index in [2.05, 4.69) is 20.4 Å². The molecule has 96 valence electrons. The lowest BCUT2D eigenvalue weighted by Crippen LogP contribution is -2.10. The van der Waals surface area contributed by atoms with E-state index in [0.29, 0.717) is 11.4 Å². The Morgan fingerprint density at radius 1 is 1.28 bits per heavy atom. The van der Waals surface area contributed by atoms with Crippen LogP contribution in [0.3, 0.4) is 0 Å². The maximum absolute atomic E-state index is 11.4. The number of nitrogens with zero attached hydrogens (tertiary/aromatic N) is 5. The molecule has 0 spiro atoms. The molecule has 0 N–H and O–H groups in total. The van der Waals surface area contributed by atoms with Crippen LogP contribution in [0.25, 0.3) is 11.4 Å². The molecule has 0 radical (unpaired) electrons. The Morgan fingerprint density at radius 3 is 2.50 bits per heavy atom. The lowest BCUT2D eigenvalue weighted by molar-refractivity contribution is 0.530. The van der Waals surface area contributed by atoms with Crippen molar-refractivity contribution in [1.29, 1.82) is 0 Å². The van der Waals surface area contributed by atoms with E-state index in [-0.39, 0.29) is 11.2 Å². The highest BCUT2D eigenvalue weighted by atomic mass is 35.7. The van der Waals surface area contributed by atoms with Crippen LogP contribution >= 0.6 is 10.7 Å². The summed E-state index contributed by atoms with van der Waals surface area (Å²) in [5.74, 6) is 0.388. The molecule has 2 aromatic heterocycles. The molecule has 0 bridgehead atoms. The third kappa shape index (κ3) is 2.34. The van der Waals surface area contributed by atoms with Gasteiger partial charge in [0.25, 0.3) is 14.2 Å². The number of aromatic nitrogens is 5. The minimum Gasteiger partial charge on any atom is -0.294 e. The van der Waals surface area contributed by atoms with E-state index in [4.69, 9.17) is 10.7 Å². The van der Waals surface area contributed by atoms with Crippen LogP contribution in [0.5, 0.6) is 0 Å². The summed E-state index contributed by atoms with van der Waals surface area (Å²) in [4.78, 5) is 0. The Bertz CT molecular complexity index is 653. The van der Waals surface area contributed by atoms with Gasteiger partial charge in [0.1, 0.15) is 0 Å². The van der Waals surface area contributed by atoms with E-state index in [1.54, 1.807) is 6.07 Å². The van der Waals surface area contributed by atoms with Gasteiger partial charge in [0.2, 0.25) is 0 Å². The molecule has 0 aromatic carbocycles. The van der Waals surface area contributed by atoms with Crippen LogP contribution in [-0.4, -0.2) is 33.4 Å². The highest BCUT2D eigenvalue weighted by molar-refractivity contribution is 8.13. The number of rotatable bonds is 3. The molecule has 0 fully saturated rings. The molecule has 2 aromatic rings. The smallest absolute Gasteiger partial charge is 0.294 e. The van der Waals surface area contributed by atoms with Crippen molar-refractivity contribution in [3.63, 3.8) is 0 Å². The maximum atomic E-state index is 11.4. The summed E-state index contributed by atoms with van der Waals surface area (Å²) in [6, 6.07) is 1.51. The lowest BCUT2D eigenvalue weighted by atomic mass is 10.3. The van der Waals surface area contributed by atoms with Crippen LogP contribution in [0.1, 0.15) is 19.9 Å². The van der Waals surface area contributed by atoms with E-state index in [1.807, 2.05) is 13.8 Å². The molecule has 2 heterocycles. The van der Waals surface area contributed by atoms with E-state index < -0.39 is 9.05 Å². The number of hydrogen-bond donors (Lipinski definition) is 0. The van der Waals surface area contributed by atoms with Crippen molar-refractivity contribution in [2.24, 2.45) is 0 Å². The number of hydrogen-bond acceptors (Lipinski definition) is 6. The first-order chi connectivity index (χ1) is 8.41. The van der Waals surface area contributed by atoms with Crippen molar-refractivity contribution in [3.05, 3.63) is 18.5 Å². The summed E-state index contributed by atoms with van der Waals surface area (Å²) < 4.78 is 24.3. The van der Waals surface area contributed by atoms with Crippen LogP contribution in [0.4, 0.5) is 0 Å². The van der Waals surface area contributed by atoms with Crippen molar-refractivity contribution < 1.29 is 8.42 Å². The normalized spacial score (nSPS) is 12.0. The molecule has 7 nitrogen and oxygen atoms in total. The van der Waals surface area contributed by atoms with Crippen molar-refractivity contribution in [2.75, 3.05) is 0 Å². The molecule has 0 atom stereocenters. The van der Waals surface area contributed by atoms with Gasteiger partial charge in [0.05, 0.1) is 12.4 Å². The molecule has 0 aliphatic heterocycles. The molecule has 0 aliphatic rings. The Labute approximate surface area is 108 Å². The van der Waals surface area contributed by atoms with Gasteiger partial charge in [-0.1, -0.05) is 0 Å². The zero-order chi connectivity index (χ0) is 13.3. The summed E-state index contributed by atoms with van der Waals surface area (Å²) in [6.07, 6.45) is 2.97. The van der Waals surface area contributed by atoms with E-state index in [0.717, 1.165) is 0 Å². The van der Waals surface area contributed by atoms with Gasteiger partial charge in [0, 0.05) is 22.3 Å². The predicted octanol–water partition coefficient (Wildman–Crippen LogP) is 1.24. The third-order valence-electron chi connectivity index (χ3n) is 2.24. The zero-order valence-corrected chi connectivity index (χ0v) is 11.2. The third-order valence-corrected chi connectivity index (χ3v) is 3.37. The molecule has 9 heteroatoms. The molecular weight excluding hydrogens is 278 g/mol. The standard InChI is InChI=1S/C9H10ClN5O2S/c1-6(2)15-8(7-3-4-11-12-5-7)13-14-9(15)18(10,16)17/h3-6H,1-2H3. The summed E-state index contributed by atoms with van der Waals surface area (Å²) in [7, 11) is 1.39. The minimum absolute atomic E-state index is 0.160. The average Bonchev–Trinajstić information content (AvgIpc) is 2.74. The quantitative estimate of drug-likeness (QED) is 0.789. The van der Waals surface area contributed by atoms with Crippen LogP contribution in [0, 0.1) is 0 Å². The summed E-state index contributed by atoms with van der Waals surface area (Å²) in [6.45, 7) is 3.63. The molecule has 0 unspecified atom stereocenters. The van der Waals surface area contributed by atoms with Gasteiger partial charge in [0.15, 0.2) is 5.82 Å². The first-order valence-corrected chi connectivity index (χ1v) is 7.39. The van der Waals surface area contributed by atoms with Crippen molar-refractivity contribution >= 4 is 19.7 Å². The molecule has 0 amide bonds. The monoisotopic (exact) mass is 287 g/mol. The maximum Gasteiger partial charge on any atom is 0.296 e. The Hall–Kier alpha value is -1.54. The van der Waals surface area contributed by atoms with Gasteiger partial charge in [-0.3, -0.25) is 4.57 Å². The zero-order valence-electron chi connectivity index (χ0n) is 9.65. The molecule has 0 saturated carbocycles. The van der Waals surface area contributed by atoms with E-state index in [9.17, 15) is 8.42 Å². The van der Waals surface area contributed by atoms with E-state index in [1.165, 1.54) is 17.0 Å². The minimum atomic E-state index is -3.94. The van der Waals surface area contributed by atoms with Crippen LogP contribution < -0.4 is 0 Å². The summed E-state index contributed by atoms with van der Waals surface area (Å²) in [5.41, 5.74) is 0.623. The predicted molar refractivity (Wildman–Crippen MR) is 64.5 cm³/mol. The van der Waals surface area contributed by atoms with Gasteiger partial charge in [-0.2, -0.15) is 10.2 Å². The largest absolute Gasteiger partial charge is 0.296 e. The second-order valence-corrected chi connectivity index (χ2v) is 6.30.